The van der Waals surface area contributed by atoms with Gasteiger partial charge >= 0.3 is 6.98 Å². The van der Waals surface area contributed by atoms with Crippen molar-refractivity contribution in [2.45, 2.75) is 39.4 Å². The molecule has 3 heteroatoms. The highest BCUT2D eigenvalue weighted by Gasteiger charge is 2.25. The Balaban J connectivity index is 1.48. The smallest absolute Gasteiger partial charge is 0.370 e. The lowest BCUT2D eigenvalue weighted by atomic mass is 9.64. The molecule has 1 aliphatic rings. The summed E-state index contributed by atoms with van der Waals surface area (Å²) in [6, 6.07) is 22.2. The van der Waals surface area contributed by atoms with Crippen LogP contribution in [0.2, 0.25) is 6.32 Å². The van der Waals surface area contributed by atoms with Crippen LogP contribution in [0, 0.1) is 5.92 Å². The Kier molecular flexibility index (Phi) is 4.63. The summed E-state index contributed by atoms with van der Waals surface area (Å²) in [6.45, 7) is 7.12. The molecule has 0 bridgehead atoms. The van der Waals surface area contributed by atoms with E-state index in [1.807, 2.05) is 0 Å². The molecule has 1 heterocycles. The van der Waals surface area contributed by atoms with Crippen molar-refractivity contribution in [3.63, 3.8) is 0 Å². The van der Waals surface area contributed by atoms with E-state index in [0.717, 1.165) is 12.7 Å². The van der Waals surface area contributed by atoms with Gasteiger partial charge in [0.25, 0.3) is 0 Å². The van der Waals surface area contributed by atoms with Crippen molar-refractivity contribution in [3.8, 4) is 0 Å². The maximum Gasteiger partial charge on any atom is 0.370 e. The first-order chi connectivity index (χ1) is 12.6. The van der Waals surface area contributed by atoms with Gasteiger partial charge in [-0.05, 0) is 53.2 Å². The molecule has 4 rings (SSSR count). The third-order valence-corrected chi connectivity index (χ3v) is 5.35. The lowest BCUT2D eigenvalue weighted by Gasteiger charge is -2.28. The van der Waals surface area contributed by atoms with Crippen LogP contribution in [0.25, 0.3) is 10.8 Å². The van der Waals surface area contributed by atoms with Crippen LogP contribution in [0.4, 0.5) is 11.4 Å². The minimum atomic E-state index is 0.251. The summed E-state index contributed by atoms with van der Waals surface area (Å²) in [5.41, 5.74) is 5.33. The first-order valence-electron chi connectivity index (χ1n) is 9.74. The molecule has 2 N–H and O–H groups in total. The molecule has 1 aliphatic heterocycles. The van der Waals surface area contributed by atoms with Crippen molar-refractivity contribution in [3.05, 3.63) is 71.8 Å². The summed E-state index contributed by atoms with van der Waals surface area (Å²) in [5.74, 6) is 1.20. The minimum absolute atomic E-state index is 0.251. The fourth-order valence-corrected chi connectivity index (χ4v) is 4.05. The van der Waals surface area contributed by atoms with Gasteiger partial charge in [0.05, 0.1) is 0 Å². The van der Waals surface area contributed by atoms with E-state index in [4.69, 9.17) is 0 Å². The molecule has 132 valence electrons. The third kappa shape index (κ3) is 3.44. The summed E-state index contributed by atoms with van der Waals surface area (Å²) < 4.78 is 0. The van der Waals surface area contributed by atoms with E-state index in [2.05, 4.69) is 91.9 Å². The van der Waals surface area contributed by atoms with Crippen LogP contribution in [-0.2, 0) is 6.42 Å². The van der Waals surface area contributed by atoms with Crippen LogP contribution >= 0.6 is 0 Å². The van der Waals surface area contributed by atoms with Gasteiger partial charge < -0.3 is 10.5 Å². The second kappa shape index (κ2) is 7.07. The highest BCUT2D eigenvalue weighted by molar-refractivity contribution is 6.68. The number of benzene rings is 3. The zero-order valence-electron chi connectivity index (χ0n) is 15.9. The van der Waals surface area contributed by atoms with Crippen molar-refractivity contribution in [2.75, 3.05) is 10.5 Å². The molecule has 0 aliphatic carbocycles. The fourth-order valence-electron chi connectivity index (χ4n) is 4.05. The normalized spacial score (nSPS) is 14.2. The SMILES string of the molecule is CC(C)Cc1ccc(C(C)CB2Nc3cccc4cccc(c34)N2)cc1. The molecule has 26 heavy (non-hydrogen) atoms. The summed E-state index contributed by atoms with van der Waals surface area (Å²) in [6.07, 6.45) is 2.20. The molecule has 1 atom stereocenters. The molecular formula is C23H27BN2. The van der Waals surface area contributed by atoms with Gasteiger partial charge in [-0.25, -0.2) is 0 Å². The average Bonchev–Trinajstić information content (AvgIpc) is 2.62. The fraction of sp³-hybridized carbons (Fsp3) is 0.304. The molecule has 0 spiro atoms. The first kappa shape index (κ1) is 17.0. The van der Waals surface area contributed by atoms with Crippen molar-refractivity contribution in [1.82, 2.24) is 0 Å². The Hall–Kier alpha value is -2.42. The Morgan fingerprint density at radius 2 is 1.42 bits per heavy atom. The molecule has 2 nitrogen and oxygen atoms in total. The van der Waals surface area contributed by atoms with Gasteiger partial charge in [-0.2, -0.15) is 0 Å². The predicted molar refractivity (Wildman–Crippen MR) is 115 cm³/mol. The molecule has 0 aromatic heterocycles. The molecule has 0 fully saturated rings. The maximum atomic E-state index is 3.69. The Morgan fingerprint density at radius 1 is 0.808 bits per heavy atom. The topological polar surface area (TPSA) is 24.1 Å². The predicted octanol–water partition coefficient (Wildman–Crippen LogP) is 6.17. The summed E-state index contributed by atoms with van der Waals surface area (Å²) in [4.78, 5) is 0. The van der Waals surface area contributed by atoms with Gasteiger partial charge in [0.1, 0.15) is 0 Å². The maximum absolute atomic E-state index is 3.69. The summed E-state index contributed by atoms with van der Waals surface area (Å²) >= 11 is 0. The molecule has 3 aromatic rings. The lowest BCUT2D eigenvalue weighted by molar-refractivity contribution is 0.647. The van der Waals surface area contributed by atoms with Gasteiger partial charge in [0.15, 0.2) is 0 Å². The van der Waals surface area contributed by atoms with E-state index in [1.54, 1.807) is 0 Å². The summed E-state index contributed by atoms with van der Waals surface area (Å²) in [7, 11) is 0. The zero-order valence-corrected chi connectivity index (χ0v) is 15.9. The minimum Gasteiger partial charge on any atom is -0.409 e. The molecule has 0 amide bonds. The lowest BCUT2D eigenvalue weighted by Crippen LogP contribution is -2.38. The number of hydrogen-bond acceptors (Lipinski definition) is 2. The molecule has 0 saturated heterocycles. The number of anilines is 2. The summed E-state index contributed by atoms with van der Waals surface area (Å²) in [5, 5.41) is 9.96. The first-order valence-corrected chi connectivity index (χ1v) is 9.74. The van der Waals surface area contributed by atoms with Crippen molar-refractivity contribution < 1.29 is 0 Å². The van der Waals surface area contributed by atoms with E-state index in [0.29, 0.717) is 11.8 Å². The van der Waals surface area contributed by atoms with Crippen LogP contribution in [0.15, 0.2) is 60.7 Å². The van der Waals surface area contributed by atoms with Gasteiger partial charge in [-0.1, -0.05) is 69.3 Å². The van der Waals surface area contributed by atoms with E-state index in [9.17, 15) is 0 Å². The largest absolute Gasteiger partial charge is 0.409 e. The molecule has 0 saturated carbocycles. The van der Waals surface area contributed by atoms with E-state index in [-0.39, 0.29) is 6.98 Å². The second-order valence-corrected chi connectivity index (χ2v) is 8.03. The third-order valence-electron chi connectivity index (χ3n) is 5.35. The molecule has 0 radical (unpaired) electrons. The van der Waals surface area contributed by atoms with Crippen LogP contribution in [-0.4, -0.2) is 6.98 Å². The average molecular weight is 342 g/mol. The highest BCUT2D eigenvalue weighted by atomic mass is 15.0. The van der Waals surface area contributed by atoms with E-state index >= 15 is 0 Å². The van der Waals surface area contributed by atoms with E-state index in [1.165, 1.54) is 33.3 Å². The van der Waals surface area contributed by atoms with E-state index < -0.39 is 0 Å². The highest BCUT2D eigenvalue weighted by Crippen LogP contribution is 2.35. The van der Waals surface area contributed by atoms with Crippen molar-refractivity contribution in [2.24, 2.45) is 5.92 Å². The molecular weight excluding hydrogens is 315 g/mol. The van der Waals surface area contributed by atoms with Crippen LogP contribution in [0.3, 0.4) is 0 Å². The van der Waals surface area contributed by atoms with Gasteiger partial charge in [0.2, 0.25) is 0 Å². The number of rotatable bonds is 5. The van der Waals surface area contributed by atoms with Crippen molar-refractivity contribution in [1.29, 1.82) is 0 Å². The van der Waals surface area contributed by atoms with Gasteiger partial charge in [-0.15, -0.1) is 0 Å². The zero-order chi connectivity index (χ0) is 18.1. The molecule has 1 unspecified atom stereocenters. The van der Waals surface area contributed by atoms with Gasteiger partial charge in [-0.3, -0.25) is 0 Å². The van der Waals surface area contributed by atoms with Crippen LogP contribution < -0.4 is 10.5 Å². The van der Waals surface area contributed by atoms with Crippen molar-refractivity contribution >= 4 is 29.1 Å². The van der Waals surface area contributed by atoms with Gasteiger partial charge in [0, 0.05) is 16.8 Å². The molecule has 3 aromatic carbocycles. The second-order valence-electron chi connectivity index (χ2n) is 8.03. The van der Waals surface area contributed by atoms with Crippen LogP contribution in [0.1, 0.15) is 37.8 Å². The Bertz CT molecular complexity index is 861. The Morgan fingerprint density at radius 3 is 2.00 bits per heavy atom. The quantitative estimate of drug-likeness (QED) is 0.542. The monoisotopic (exact) mass is 342 g/mol. The number of hydrogen-bond donors (Lipinski definition) is 2. The number of nitrogens with one attached hydrogen (secondary N) is 2. The standard InChI is InChI=1S/C23H27BN2/c1-16(2)14-18-10-12-19(13-11-18)17(3)15-24-25-21-8-4-6-20-7-5-9-22(26-24)23(20)21/h4-13,16-17,25-26H,14-15H2,1-3H3. The van der Waals surface area contributed by atoms with Crippen LogP contribution in [0.5, 0.6) is 0 Å². The Labute approximate surface area is 157 Å².